The molecule has 3 nitrogen and oxygen atoms in total. The molecule has 0 heterocycles. The first-order chi connectivity index (χ1) is 37.3. The molecule has 0 aliphatic rings. The molecule has 9 aromatic rings. The highest BCUT2D eigenvalue weighted by atomic mass is 127. The van der Waals surface area contributed by atoms with Crippen molar-refractivity contribution in [2.45, 2.75) is 78.6 Å². The summed E-state index contributed by atoms with van der Waals surface area (Å²) in [6, 6.07) is 60.5. The second-order valence-corrected chi connectivity index (χ2v) is 32.6. The molecular weight excluding hydrogens is 1570 g/mol. The largest absolute Gasteiger partial charge is 0.456 e. The van der Waals surface area contributed by atoms with E-state index in [0.717, 1.165) is 24.7 Å². The Kier molecular flexibility index (Phi) is 22.2. The number of rotatable bonds is 12. The molecular formula is C66H59F5I5O3+3. The highest BCUT2D eigenvalue weighted by molar-refractivity contribution is 14.1. The zero-order valence-electron chi connectivity index (χ0n) is 45.0. The molecule has 9 aromatic carbocycles. The normalized spacial score (nSPS) is 11.4. The molecule has 408 valence electrons. The van der Waals surface area contributed by atoms with Gasteiger partial charge in [-0.3, -0.25) is 0 Å². The first kappa shape index (κ1) is 62.3. The van der Waals surface area contributed by atoms with E-state index >= 15 is 0 Å². The van der Waals surface area contributed by atoms with E-state index in [2.05, 4.69) is 217 Å². The maximum Gasteiger partial charge on any atom is 0.357 e. The van der Waals surface area contributed by atoms with Crippen LogP contribution in [-0.4, -0.2) is 0 Å². The Morgan fingerprint density at radius 3 is 0.949 bits per heavy atom. The SMILES string of the molecule is CC(C)(C)c1ccc([I+]c2ccc(Oc3c(F)cc(F)cc3F)cc2)cc1.CC(C)(C)c1ccc([I+]c2ccc(Oc3ccc(F)cc3F)cc2)cc1.CC(C)(C)c1ccc([I+]c2ccc(Oc3ccc(I)cc3I)cc2)cc1. The van der Waals surface area contributed by atoms with Crippen molar-refractivity contribution in [1.29, 1.82) is 0 Å². The van der Waals surface area contributed by atoms with E-state index in [4.69, 9.17) is 14.2 Å². The zero-order valence-corrected chi connectivity index (χ0v) is 55.8. The van der Waals surface area contributed by atoms with Crippen LogP contribution in [0.5, 0.6) is 34.5 Å². The highest BCUT2D eigenvalue weighted by Crippen LogP contribution is 2.30. The number of halogens is 10. The third-order valence-corrected chi connectivity index (χ3v) is 21.2. The van der Waals surface area contributed by atoms with Crippen LogP contribution in [0.2, 0.25) is 0 Å². The Labute approximate surface area is 520 Å². The maximum absolute atomic E-state index is 13.7. The molecule has 9 rings (SSSR count). The second kappa shape index (κ2) is 28.1. The molecule has 0 saturated heterocycles. The number of ether oxygens (including phenoxy) is 3. The van der Waals surface area contributed by atoms with E-state index in [0.29, 0.717) is 23.6 Å². The Morgan fingerprint density at radius 2 is 0.620 bits per heavy atom. The minimum atomic E-state index is -1.07. The topological polar surface area (TPSA) is 27.7 Å². The van der Waals surface area contributed by atoms with E-state index in [-0.39, 0.29) is 85.6 Å². The minimum absolute atomic E-state index is 0.0200. The monoisotopic (exact) mass is 1630 g/mol. The lowest BCUT2D eigenvalue weighted by molar-refractivity contribution is -0.597. The summed E-state index contributed by atoms with van der Waals surface area (Å²) in [6.07, 6.45) is 0. The standard InChI is InChI=1S/C22H19F3IO.C22H20F2IO.C22H20I3O/c1-22(2,3)14-4-6-16(7-5-14)26-17-8-10-18(11-9-17)27-21-19(24)12-15(23)13-20(21)25;2*1-22(2,3)15-4-7-17(8-5-15)25-18-9-11-19(12-10-18)26-21-13-6-16(23)14-20(21)24/h4-13H,1-3H3;2*4-14H,1-3H3/q3*+1. The molecule has 0 aliphatic heterocycles. The quantitative estimate of drug-likeness (QED) is 0.0901. The van der Waals surface area contributed by atoms with Crippen LogP contribution in [0.15, 0.2) is 194 Å². The van der Waals surface area contributed by atoms with E-state index in [1.807, 2.05) is 42.5 Å². The predicted molar refractivity (Wildman–Crippen MR) is 312 cm³/mol. The van der Waals surface area contributed by atoms with Crippen molar-refractivity contribution in [3.63, 3.8) is 0 Å². The predicted octanol–water partition coefficient (Wildman–Crippen LogP) is 10.6. The molecule has 0 radical (unpaired) electrons. The van der Waals surface area contributed by atoms with E-state index < -0.39 is 34.8 Å². The van der Waals surface area contributed by atoms with Gasteiger partial charge in [0.2, 0.25) is 0 Å². The van der Waals surface area contributed by atoms with Gasteiger partial charge in [0.15, 0.2) is 50.4 Å². The summed E-state index contributed by atoms with van der Waals surface area (Å²) in [7, 11) is 0. The van der Waals surface area contributed by atoms with Gasteiger partial charge in [-0.15, -0.1) is 0 Å². The van der Waals surface area contributed by atoms with Gasteiger partial charge in [-0.05, 0) is 218 Å². The fourth-order valence-corrected chi connectivity index (χ4v) is 15.4. The fraction of sp³-hybridized carbons (Fsp3) is 0.182. The molecule has 0 spiro atoms. The summed E-state index contributed by atoms with van der Waals surface area (Å²) in [5, 5.41) is 0. The van der Waals surface area contributed by atoms with Gasteiger partial charge in [0.05, 0.1) is 3.57 Å². The highest BCUT2D eigenvalue weighted by Gasteiger charge is 2.23. The van der Waals surface area contributed by atoms with E-state index in [9.17, 15) is 22.0 Å². The molecule has 0 saturated carbocycles. The second-order valence-electron chi connectivity index (χ2n) is 21.1. The van der Waals surface area contributed by atoms with Crippen molar-refractivity contribution in [3.8, 4) is 34.5 Å². The van der Waals surface area contributed by atoms with Crippen LogP contribution in [-0.2, 0) is 16.2 Å². The molecule has 0 amide bonds. The first-order valence-electron chi connectivity index (χ1n) is 25.0. The molecule has 0 aliphatic carbocycles. The van der Waals surface area contributed by atoms with Crippen LogP contribution in [0.4, 0.5) is 22.0 Å². The van der Waals surface area contributed by atoms with Gasteiger partial charge in [-0.25, -0.2) is 22.0 Å². The summed E-state index contributed by atoms with van der Waals surface area (Å²) >= 11 is 3.82. The van der Waals surface area contributed by atoms with E-state index in [1.165, 1.54) is 50.2 Å². The molecule has 0 bridgehead atoms. The molecule has 0 unspecified atom stereocenters. The molecule has 79 heavy (non-hydrogen) atoms. The van der Waals surface area contributed by atoms with Crippen molar-refractivity contribution in [2.75, 3.05) is 0 Å². The van der Waals surface area contributed by atoms with Crippen LogP contribution >= 0.6 is 45.2 Å². The van der Waals surface area contributed by atoms with Crippen LogP contribution in [0.1, 0.15) is 79.0 Å². The zero-order chi connectivity index (χ0) is 57.1. The Balaban J connectivity index is 0.000000172. The summed E-state index contributed by atoms with van der Waals surface area (Å²) < 4.78 is 93.9. The third kappa shape index (κ3) is 19.4. The maximum atomic E-state index is 13.7. The smallest absolute Gasteiger partial charge is 0.357 e. The number of benzene rings is 9. The lowest BCUT2D eigenvalue weighted by Crippen LogP contribution is -3.61. The van der Waals surface area contributed by atoms with Crippen LogP contribution in [0.25, 0.3) is 0 Å². The molecule has 13 heteroatoms. The van der Waals surface area contributed by atoms with Gasteiger partial charge in [-0.2, -0.15) is 0 Å². The molecule has 0 fully saturated rings. The van der Waals surface area contributed by atoms with Crippen LogP contribution in [0, 0.1) is 57.6 Å². The average Bonchev–Trinajstić information content (AvgIpc) is 3.40. The van der Waals surface area contributed by atoms with Gasteiger partial charge in [-0.1, -0.05) is 98.7 Å². The van der Waals surface area contributed by atoms with Gasteiger partial charge < -0.3 is 14.2 Å². The Bertz CT molecular complexity index is 3250. The number of hydrogen-bond acceptors (Lipinski definition) is 3. The van der Waals surface area contributed by atoms with Crippen LogP contribution < -0.4 is 77.8 Å². The lowest BCUT2D eigenvalue weighted by Gasteiger charge is -2.18. The Hall–Kier alpha value is -4.32. The van der Waals surface area contributed by atoms with Crippen molar-refractivity contribution in [3.05, 3.63) is 268 Å². The Morgan fingerprint density at radius 1 is 0.316 bits per heavy atom. The molecule has 0 aromatic heterocycles. The van der Waals surface area contributed by atoms with Gasteiger partial charge in [0.25, 0.3) is 0 Å². The molecule has 0 N–H and O–H groups in total. The van der Waals surface area contributed by atoms with Crippen molar-refractivity contribution in [2.24, 2.45) is 0 Å². The summed E-state index contributed by atoms with van der Waals surface area (Å²) in [5.74, 6) is -2.38. The van der Waals surface area contributed by atoms with Crippen molar-refractivity contribution < 1.29 is 99.8 Å². The summed E-state index contributed by atoms with van der Waals surface area (Å²) in [6.45, 7) is 19.9. The van der Waals surface area contributed by atoms with Gasteiger partial charge in [0.1, 0.15) is 34.6 Å². The average molecular weight is 1630 g/mol. The summed E-state index contributed by atoms with van der Waals surface area (Å²) in [5.41, 5.74) is 4.51. The number of hydrogen-bond donors (Lipinski definition) is 0. The minimum Gasteiger partial charge on any atom is -0.456 e. The fourth-order valence-electron chi connectivity index (χ4n) is 7.23. The van der Waals surface area contributed by atoms with Gasteiger partial charge >= 0.3 is 63.6 Å². The van der Waals surface area contributed by atoms with Crippen molar-refractivity contribution >= 4 is 45.2 Å². The third-order valence-electron chi connectivity index (χ3n) is 11.7. The summed E-state index contributed by atoms with van der Waals surface area (Å²) in [4.78, 5) is 0. The van der Waals surface area contributed by atoms with E-state index in [1.54, 1.807) is 12.1 Å². The first-order valence-corrected chi connectivity index (χ1v) is 33.6. The van der Waals surface area contributed by atoms with Crippen molar-refractivity contribution in [1.82, 2.24) is 0 Å². The lowest BCUT2D eigenvalue weighted by atomic mass is 9.87. The van der Waals surface area contributed by atoms with Gasteiger partial charge in [0, 0.05) is 21.8 Å². The molecule has 0 atom stereocenters. The van der Waals surface area contributed by atoms with Crippen LogP contribution in [0.3, 0.4) is 0 Å².